The molecule has 22 heavy (non-hydrogen) atoms. The van der Waals surface area contributed by atoms with Crippen molar-refractivity contribution in [3.63, 3.8) is 0 Å². The van der Waals surface area contributed by atoms with Gasteiger partial charge in [-0.2, -0.15) is 0 Å². The smallest absolute Gasteiger partial charge is 0.251 e. The molecule has 0 radical (unpaired) electrons. The highest BCUT2D eigenvalue weighted by molar-refractivity contribution is 5.94. The van der Waals surface area contributed by atoms with Gasteiger partial charge in [-0.05, 0) is 51.5 Å². The van der Waals surface area contributed by atoms with E-state index in [0.717, 1.165) is 0 Å². The van der Waals surface area contributed by atoms with Crippen molar-refractivity contribution < 1.29 is 19.1 Å². The average Bonchev–Trinajstić information content (AvgIpc) is 2.49. The standard InChI is InChI=1S/C17H25NO4/c1-13(19)9-10-17(2,3)22-12-11-18-16(20)14-5-7-15(21-4)8-6-14/h5-8H,9-12H2,1-4H3,(H,18,20). The Labute approximate surface area is 132 Å². The van der Waals surface area contributed by atoms with Gasteiger partial charge in [-0.15, -0.1) is 0 Å². The largest absolute Gasteiger partial charge is 0.497 e. The number of methoxy groups -OCH3 is 1. The predicted molar refractivity (Wildman–Crippen MR) is 85.3 cm³/mol. The topological polar surface area (TPSA) is 64.6 Å². The second-order valence-electron chi connectivity index (χ2n) is 5.79. The number of Topliss-reactive ketones (excluding diaryl/α,β-unsaturated/α-hetero) is 1. The number of hydrogen-bond acceptors (Lipinski definition) is 4. The molecule has 1 rings (SSSR count). The van der Waals surface area contributed by atoms with Gasteiger partial charge in [-0.1, -0.05) is 0 Å². The second kappa shape index (κ2) is 8.54. The lowest BCUT2D eigenvalue weighted by molar-refractivity contribution is -0.118. The highest BCUT2D eigenvalue weighted by Gasteiger charge is 2.18. The summed E-state index contributed by atoms with van der Waals surface area (Å²) in [4.78, 5) is 22.9. The zero-order chi connectivity index (χ0) is 16.6. The molecule has 1 aromatic carbocycles. The van der Waals surface area contributed by atoms with Crippen LogP contribution in [-0.2, 0) is 9.53 Å². The van der Waals surface area contributed by atoms with Crippen LogP contribution < -0.4 is 10.1 Å². The van der Waals surface area contributed by atoms with Crippen molar-refractivity contribution in [3.8, 4) is 5.75 Å². The van der Waals surface area contributed by atoms with Gasteiger partial charge in [0.2, 0.25) is 0 Å². The van der Waals surface area contributed by atoms with Crippen molar-refractivity contribution in [1.29, 1.82) is 0 Å². The number of nitrogens with one attached hydrogen (secondary N) is 1. The van der Waals surface area contributed by atoms with Gasteiger partial charge in [0, 0.05) is 18.5 Å². The minimum absolute atomic E-state index is 0.146. The highest BCUT2D eigenvalue weighted by Crippen LogP contribution is 2.16. The van der Waals surface area contributed by atoms with Crippen molar-refractivity contribution in [2.24, 2.45) is 0 Å². The molecular formula is C17H25NO4. The number of hydrogen-bond donors (Lipinski definition) is 1. The zero-order valence-electron chi connectivity index (χ0n) is 13.8. The first-order valence-corrected chi connectivity index (χ1v) is 7.40. The van der Waals surface area contributed by atoms with Gasteiger partial charge in [0.05, 0.1) is 19.3 Å². The maximum Gasteiger partial charge on any atom is 0.251 e. The molecule has 0 atom stereocenters. The molecule has 0 unspecified atom stereocenters. The van der Waals surface area contributed by atoms with E-state index in [0.29, 0.717) is 37.3 Å². The molecule has 1 N–H and O–H groups in total. The number of carbonyl (C=O) groups excluding carboxylic acids is 2. The Morgan fingerprint density at radius 3 is 2.36 bits per heavy atom. The zero-order valence-corrected chi connectivity index (χ0v) is 13.8. The summed E-state index contributed by atoms with van der Waals surface area (Å²) in [5, 5.41) is 2.80. The molecule has 1 amide bonds. The maximum atomic E-state index is 11.9. The third-order valence-corrected chi connectivity index (χ3v) is 3.31. The van der Waals surface area contributed by atoms with Gasteiger partial charge in [0.15, 0.2) is 0 Å². The third kappa shape index (κ3) is 6.72. The molecule has 0 spiro atoms. The van der Waals surface area contributed by atoms with Crippen LogP contribution in [0.5, 0.6) is 5.75 Å². The lowest BCUT2D eigenvalue weighted by Crippen LogP contribution is -2.32. The molecule has 0 bridgehead atoms. The number of rotatable bonds is 9. The fraction of sp³-hybridized carbons (Fsp3) is 0.529. The van der Waals surface area contributed by atoms with Crippen molar-refractivity contribution in [2.45, 2.75) is 39.2 Å². The summed E-state index contributed by atoms with van der Waals surface area (Å²) >= 11 is 0. The Hall–Kier alpha value is -1.88. The first-order valence-electron chi connectivity index (χ1n) is 7.40. The summed E-state index contributed by atoms with van der Waals surface area (Å²) in [7, 11) is 1.58. The minimum Gasteiger partial charge on any atom is -0.497 e. The van der Waals surface area contributed by atoms with Crippen LogP contribution in [-0.4, -0.2) is 37.6 Å². The van der Waals surface area contributed by atoms with Crippen molar-refractivity contribution in [2.75, 3.05) is 20.3 Å². The first kappa shape index (κ1) is 18.2. The number of carbonyl (C=O) groups is 2. The summed E-state index contributed by atoms with van der Waals surface area (Å²) < 4.78 is 10.8. The van der Waals surface area contributed by atoms with Gasteiger partial charge in [-0.3, -0.25) is 4.79 Å². The van der Waals surface area contributed by atoms with Crippen LogP contribution in [0, 0.1) is 0 Å². The summed E-state index contributed by atoms with van der Waals surface area (Å²) in [5.41, 5.74) is 0.216. The van der Waals surface area contributed by atoms with Gasteiger partial charge < -0.3 is 19.6 Å². The minimum atomic E-state index is -0.365. The Morgan fingerprint density at radius 2 is 1.82 bits per heavy atom. The molecule has 0 aliphatic rings. The summed E-state index contributed by atoms with van der Waals surface area (Å²) in [6.45, 7) is 6.30. The Kier molecular flexibility index (Phi) is 7.05. The maximum absolute atomic E-state index is 11.9. The normalized spacial score (nSPS) is 11.1. The molecule has 0 saturated heterocycles. The van der Waals surface area contributed by atoms with E-state index in [1.807, 2.05) is 13.8 Å². The van der Waals surface area contributed by atoms with Gasteiger partial charge in [-0.25, -0.2) is 0 Å². The van der Waals surface area contributed by atoms with Crippen molar-refractivity contribution in [3.05, 3.63) is 29.8 Å². The van der Waals surface area contributed by atoms with Gasteiger partial charge >= 0.3 is 0 Å². The van der Waals surface area contributed by atoms with E-state index in [9.17, 15) is 9.59 Å². The number of ether oxygens (including phenoxy) is 2. The molecule has 5 nitrogen and oxygen atoms in total. The lowest BCUT2D eigenvalue weighted by Gasteiger charge is -2.25. The molecule has 1 aromatic rings. The van der Waals surface area contributed by atoms with E-state index in [-0.39, 0.29) is 17.3 Å². The molecule has 122 valence electrons. The molecular weight excluding hydrogens is 282 g/mol. The van der Waals surface area contributed by atoms with E-state index in [4.69, 9.17) is 9.47 Å². The molecule has 0 aromatic heterocycles. The molecule has 0 saturated carbocycles. The average molecular weight is 307 g/mol. The van der Waals surface area contributed by atoms with Crippen LogP contribution in [0.3, 0.4) is 0 Å². The first-order chi connectivity index (χ1) is 10.3. The predicted octanol–water partition coefficient (Wildman–Crippen LogP) is 2.59. The van der Waals surface area contributed by atoms with Crippen molar-refractivity contribution in [1.82, 2.24) is 5.32 Å². The van der Waals surface area contributed by atoms with Gasteiger partial charge in [0.1, 0.15) is 11.5 Å². The van der Waals surface area contributed by atoms with Crippen LogP contribution in [0.4, 0.5) is 0 Å². The fourth-order valence-electron chi connectivity index (χ4n) is 1.89. The van der Waals surface area contributed by atoms with Crippen LogP contribution in [0.1, 0.15) is 44.0 Å². The Bertz CT molecular complexity index is 494. The Morgan fingerprint density at radius 1 is 1.18 bits per heavy atom. The van der Waals surface area contributed by atoms with E-state index < -0.39 is 0 Å². The molecule has 0 aliphatic carbocycles. The Balaban J connectivity index is 2.31. The van der Waals surface area contributed by atoms with Gasteiger partial charge in [0.25, 0.3) is 5.91 Å². The summed E-state index contributed by atoms with van der Waals surface area (Å²) in [5.74, 6) is 0.726. The van der Waals surface area contributed by atoms with E-state index >= 15 is 0 Å². The van der Waals surface area contributed by atoms with E-state index in [1.165, 1.54) is 0 Å². The highest BCUT2D eigenvalue weighted by atomic mass is 16.5. The lowest BCUT2D eigenvalue weighted by atomic mass is 10.0. The third-order valence-electron chi connectivity index (χ3n) is 3.31. The summed E-state index contributed by atoms with van der Waals surface area (Å²) in [6.07, 6.45) is 1.18. The molecule has 0 aliphatic heterocycles. The summed E-state index contributed by atoms with van der Waals surface area (Å²) in [6, 6.07) is 6.92. The molecule has 5 heteroatoms. The van der Waals surface area contributed by atoms with Crippen molar-refractivity contribution >= 4 is 11.7 Å². The van der Waals surface area contributed by atoms with Crippen LogP contribution in [0.2, 0.25) is 0 Å². The monoisotopic (exact) mass is 307 g/mol. The molecule has 0 fully saturated rings. The van der Waals surface area contributed by atoms with E-state index in [2.05, 4.69) is 5.32 Å². The fourth-order valence-corrected chi connectivity index (χ4v) is 1.89. The molecule has 0 heterocycles. The van der Waals surface area contributed by atoms with Crippen LogP contribution >= 0.6 is 0 Å². The second-order valence-corrected chi connectivity index (χ2v) is 5.79. The van der Waals surface area contributed by atoms with Crippen LogP contribution in [0.15, 0.2) is 24.3 Å². The van der Waals surface area contributed by atoms with Crippen LogP contribution in [0.25, 0.3) is 0 Å². The number of benzene rings is 1. The number of ketones is 1. The number of amides is 1. The SMILES string of the molecule is COc1ccc(C(=O)NCCOC(C)(C)CCC(C)=O)cc1. The van der Waals surface area contributed by atoms with E-state index in [1.54, 1.807) is 38.3 Å². The quantitative estimate of drug-likeness (QED) is 0.712.